The summed E-state index contributed by atoms with van der Waals surface area (Å²) in [4.78, 5) is 49.5. The summed E-state index contributed by atoms with van der Waals surface area (Å²) in [6, 6.07) is -2.66. The molecule has 8 nitrogen and oxygen atoms in total. The van der Waals surface area contributed by atoms with Gasteiger partial charge < -0.3 is 20.6 Å². The lowest BCUT2D eigenvalue weighted by Gasteiger charge is -2.30. The predicted molar refractivity (Wildman–Crippen MR) is 99.6 cm³/mol. The highest BCUT2D eigenvalue weighted by atomic mass is 32.2. The molecule has 9 heteroatoms. The minimum Gasteiger partial charge on any atom is -0.394 e. The van der Waals surface area contributed by atoms with Crippen LogP contribution in [0.15, 0.2) is 0 Å². The molecule has 4 unspecified atom stereocenters. The highest BCUT2D eigenvalue weighted by Crippen LogP contribution is 2.24. The summed E-state index contributed by atoms with van der Waals surface area (Å²) in [5.74, 6) is -0.633. The zero-order chi connectivity index (χ0) is 19.9. The lowest BCUT2D eigenvalue weighted by atomic mass is 10.0. The van der Waals surface area contributed by atoms with Crippen LogP contribution in [0.5, 0.6) is 0 Å². The van der Waals surface area contributed by atoms with Gasteiger partial charge in [-0.2, -0.15) is 11.8 Å². The van der Waals surface area contributed by atoms with Gasteiger partial charge in [-0.25, -0.2) is 0 Å². The number of aliphatic hydroxyl groups excluding tert-OH is 1. The quantitative estimate of drug-likeness (QED) is 0.414. The van der Waals surface area contributed by atoms with Crippen LogP contribution in [0.1, 0.15) is 33.6 Å². The molecule has 3 amide bonds. The lowest BCUT2D eigenvalue weighted by Crippen LogP contribution is -2.53. The van der Waals surface area contributed by atoms with E-state index in [0.717, 1.165) is 0 Å². The Kier molecular flexibility index (Phi) is 9.07. The van der Waals surface area contributed by atoms with E-state index >= 15 is 0 Å². The van der Waals surface area contributed by atoms with Crippen LogP contribution in [0.25, 0.3) is 0 Å². The van der Waals surface area contributed by atoms with Crippen LogP contribution in [0.4, 0.5) is 0 Å². The first-order valence-corrected chi connectivity index (χ1v) is 10.1. The minimum atomic E-state index is -0.903. The fraction of sp³-hybridized carbons (Fsp3) is 0.765. The number of carbonyl (C=O) groups excluding carboxylic acids is 4. The molecule has 0 aromatic carbocycles. The first-order chi connectivity index (χ1) is 12.3. The summed E-state index contributed by atoms with van der Waals surface area (Å²) in [7, 11) is 0. The van der Waals surface area contributed by atoms with Crippen molar-refractivity contribution in [3.8, 4) is 0 Å². The maximum Gasteiger partial charge on any atom is 0.246 e. The van der Waals surface area contributed by atoms with E-state index in [9.17, 15) is 24.3 Å². The van der Waals surface area contributed by atoms with E-state index in [1.165, 1.54) is 4.90 Å². The van der Waals surface area contributed by atoms with E-state index in [0.29, 0.717) is 25.0 Å². The van der Waals surface area contributed by atoms with Gasteiger partial charge >= 0.3 is 0 Å². The normalized spacial score (nSPS) is 22.2. The van der Waals surface area contributed by atoms with E-state index < -0.39 is 30.6 Å². The largest absolute Gasteiger partial charge is 0.394 e. The Bertz CT molecular complexity index is 529. The maximum absolute atomic E-state index is 12.7. The van der Waals surface area contributed by atoms with Crippen molar-refractivity contribution in [3.05, 3.63) is 0 Å². The Hall–Kier alpha value is -1.61. The van der Waals surface area contributed by atoms with Gasteiger partial charge in [-0.05, 0) is 31.8 Å². The monoisotopic (exact) mass is 387 g/mol. The molecule has 0 aliphatic carbocycles. The zero-order valence-corrected chi connectivity index (χ0v) is 16.5. The third-order valence-corrected chi connectivity index (χ3v) is 5.17. The SMILES string of the molecule is CSCCC(NC=O)C(=O)NC1CC(C)N(C(CO)C(=O)C(C)C)C1=O. The van der Waals surface area contributed by atoms with Gasteiger partial charge in [0.15, 0.2) is 5.78 Å². The predicted octanol–water partition coefficient (Wildman–Crippen LogP) is -0.454. The summed E-state index contributed by atoms with van der Waals surface area (Å²) in [5, 5.41) is 14.8. The Morgan fingerprint density at radius 3 is 2.58 bits per heavy atom. The van der Waals surface area contributed by atoms with E-state index in [4.69, 9.17) is 0 Å². The first kappa shape index (κ1) is 22.4. The molecule has 0 radical (unpaired) electrons. The smallest absolute Gasteiger partial charge is 0.246 e. The number of Topliss-reactive ketones (excluding diaryl/α,β-unsaturated/α-hetero) is 1. The molecule has 3 N–H and O–H groups in total. The number of ketones is 1. The van der Waals surface area contributed by atoms with Crippen molar-refractivity contribution >= 4 is 35.8 Å². The van der Waals surface area contributed by atoms with Gasteiger partial charge in [0.1, 0.15) is 18.1 Å². The number of amides is 3. The summed E-state index contributed by atoms with van der Waals surface area (Å²) in [6.07, 6.45) is 3.18. The molecular formula is C17H29N3O5S. The molecule has 0 saturated carbocycles. The molecule has 0 bridgehead atoms. The maximum atomic E-state index is 12.7. The second-order valence-corrected chi connectivity index (χ2v) is 7.75. The number of thioether (sulfide) groups is 1. The Morgan fingerprint density at radius 2 is 2.08 bits per heavy atom. The fourth-order valence-electron chi connectivity index (χ4n) is 3.11. The molecule has 1 fully saturated rings. The van der Waals surface area contributed by atoms with Crippen molar-refractivity contribution in [1.29, 1.82) is 0 Å². The van der Waals surface area contributed by atoms with Crippen LogP contribution in [0, 0.1) is 5.92 Å². The van der Waals surface area contributed by atoms with Gasteiger partial charge in [0.25, 0.3) is 0 Å². The fourth-order valence-corrected chi connectivity index (χ4v) is 3.59. The molecule has 148 valence electrons. The second kappa shape index (κ2) is 10.5. The van der Waals surface area contributed by atoms with E-state index in [-0.39, 0.29) is 23.7 Å². The first-order valence-electron chi connectivity index (χ1n) is 8.74. The molecule has 1 heterocycles. The molecular weight excluding hydrogens is 358 g/mol. The lowest BCUT2D eigenvalue weighted by molar-refractivity contribution is -0.142. The van der Waals surface area contributed by atoms with Crippen LogP contribution < -0.4 is 10.6 Å². The van der Waals surface area contributed by atoms with Crippen LogP contribution >= 0.6 is 11.8 Å². The molecule has 1 aliphatic rings. The highest BCUT2D eigenvalue weighted by molar-refractivity contribution is 7.98. The second-order valence-electron chi connectivity index (χ2n) is 6.77. The van der Waals surface area contributed by atoms with E-state index in [1.807, 2.05) is 6.26 Å². The number of hydrogen-bond donors (Lipinski definition) is 3. The Morgan fingerprint density at radius 1 is 1.42 bits per heavy atom. The Balaban J connectivity index is 2.84. The third kappa shape index (κ3) is 5.44. The van der Waals surface area contributed by atoms with Gasteiger partial charge in [-0.15, -0.1) is 0 Å². The molecule has 0 spiro atoms. The van der Waals surface area contributed by atoms with Gasteiger partial charge in [0.2, 0.25) is 18.2 Å². The van der Waals surface area contributed by atoms with Gasteiger partial charge in [0.05, 0.1) is 6.61 Å². The summed E-state index contributed by atoms with van der Waals surface area (Å²) in [6.45, 7) is 4.78. The highest BCUT2D eigenvalue weighted by Gasteiger charge is 2.44. The summed E-state index contributed by atoms with van der Waals surface area (Å²) in [5.41, 5.74) is 0. The molecule has 4 atom stereocenters. The number of nitrogens with zero attached hydrogens (tertiary/aromatic N) is 1. The number of hydrogen-bond acceptors (Lipinski definition) is 6. The standard InChI is InChI=1S/C17H29N3O5S/c1-10(2)15(23)14(8-21)20-11(3)7-13(17(20)25)19-16(24)12(18-9-22)5-6-26-4/h9-14,21H,5-8H2,1-4H3,(H,18,22)(H,19,24). The van der Waals surface area contributed by atoms with Crippen LogP contribution in [-0.4, -0.2) is 76.8 Å². The van der Waals surface area contributed by atoms with E-state index in [1.54, 1.807) is 32.5 Å². The topological polar surface area (TPSA) is 116 Å². The van der Waals surface area contributed by atoms with Gasteiger partial charge in [-0.1, -0.05) is 13.8 Å². The molecule has 1 rings (SSSR count). The number of likely N-dealkylation sites (tertiary alicyclic amines) is 1. The number of rotatable bonds is 11. The summed E-state index contributed by atoms with van der Waals surface area (Å²) < 4.78 is 0. The Labute approximate surface area is 158 Å². The molecule has 0 aromatic rings. The van der Waals surface area contributed by atoms with Crippen LogP contribution in [0.3, 0.4) is 0 Å². The van der Waals surface area contributed by atoms with Crippen molar-refractivity contribution in [1.82, 2.24) is 15.5 Å². The van der Waals surface area contributed by atoms with Gasteiger partial charge in [-0.3, -0.25) is 19.2 Å². The molecule has 1 saturated heterocycles. The average molecular weight is 388 g/mol. The van der Waals surface area contributed by atoms with E-state index in [2.05, 4.69) is 10.6 Å². The molecule has 26 heavy (non-hydrogen) atoms. The molecule has 0 aromatic heterocycles. The average Bonchev–Trinajstić information content (AvgIpc) is 2.86. The van der Waals surface area contributed by atoms with Crippen molar-refractivity contribution in [2.75, 3.05) is 18.6 Å². The number of carbonyl (C=O) groups is 4. The van der Waals surface area contributed by atoms with Gasteiger partial charge in [0, 0.05) is 12.0 Å². The zero-order valence-electron chi connectivity index (χ0n) is 15.7. The minimum absolute atomic E-state index is 0.208. The van der Waals surface area contributed by atoms with Crippen molar-refractivity contribution in [3.63, 3.8) is 0 Å². The van der Waals surface area contributed by atoms with Crippen LogP contribution in [-0.2, 0) is 19.2 Å². The summed E-state index contributed by atoms with van der Waals surface area (Å²) >= 11 is 1.55. The van der Waals surface area contributed by atoms with Crippen molar-refractivity contribution < 1.29 is 24.3 Å². The number of aliphatic hydroxyl groups is 1. The third-order valence-electron chi connectivity index (χ3n) is 4.52. The van der Waals surface area contributed by atoms with Crippen molar-refractivity contribution in [2.24, 2.45) is 5.92 Å². The molecule has 1 aliphatic heterocycles. The number of nitrogens with one attached hydrogen (secondary N) is 2. The van der Waals surface area contributed by atoms with Crippen molar-refractivity contribution in [2.45, 2.75) is 57.8 Å². The van der Waals surface area contributed by atoms with Crippen LogP contribution in [0.2, 0.25) is 0 Å².